The minimum absolute atomic E-state index is 0.326. The van der Waals surface area contributed by atoms with Gasteiger partial charge < -0.3 is 20.4 Å². The van der Waals surface area contributed by atoms with E-state index >= 15 is 0 Å². The Labute approximate surface area is 106 Å². The number of nitrogens with zero attached hydrogens (tertiary/aromatic N) is 1. The van der Waals surface area contributed by atoms with E-state index in [0.717, 1.165) is 6.42 Å². The molecule has 0 aromatic carbocycles. The molecule has 2 fully saturated rings. The number of aliphatic carboxylic acids is 1. The van der Waals surface area contributed by atoms with Crippen LogP contribution in [0.1, 0.15) is 39.0 Å². The van der Waals surface area contributed by atoms with Crippen LogP contribution in [0.5, 0.6) is 0 Å². The van der Waals surface area contributed by atoms with Crippen molar-refractivity contribution in [2.24, 2.45) is 0 Å². The van der Waals surface area contributed by atoms with Crippen LogP contribution in [0.25, 0.3) is 0 Å². The molecule has 0 aromatic rings. The Morgan fingerprint density at radius 2 is 1.72 bits per heavy atom. The summed E-state index contributed by atoms with van der Waals surface area (Å²) in [6, 6.07) is -0.326. The molecule has 0 unspecified atom stereocenters. The standard InChI is InChI=1S/C12H20N2O4/c1-11(18)5-7-14(8-6-11)10(17)13-12(9(15)16)3-2-4-12/h18H,2-8H2,1H3,(H,13,17)(H,15,16). The van der Waals surface area contributed by atoms with Crippen molar-refractivity contribution < 1.29 is 19.8 Å². The summed E-state index contributed by atoms with van der Waals surface area (Å²) < 4.78 is 0. The molecule has 0 atom stereocenters. The normalized spacial score (nSPS) is 25.1. The zero-order chi connectivity index (χ0) is 13.4. The summed E-state index contributed by atoms with van der Waals surface area (Å²) in [5, 5.41) is 21.6. The molecule has 102 valence electrons. The third kappa shape index (κ3) is 2.43. The van der Waals surface area contributed by atoms with Gasteiger partial charge in [0, 0.05) is 13.1 Å². The highest BCUT2D eigenvalue weighted by molar-refractivity contribution is 5.87. The molecule has 18 heavy (non-hydrogen) atoms. The summed E-state index contributed by atoms with van der Waals surface area (Å²) in [4.78, 5) is 24.7. The zero-order valence-electron chi connectivity index (χ0n) is 10.6. The first kappa shape index (κ1) is 13.1. The number of nitrogens with one attached hydrogen (secondary N) is 1. The van der Waals surface area contributed by atoms with Crippen LogP contribution >= 0.6 is 0 Å². The fourth-order valence-corrected chi connectivity index (χ4v) is 2.40. The molecule has 2 rings (SSSR count). The first-order chi connectivity index (χ1) is 8.35. The molecular formula is C12H20N2O4. The summed E-state index contributed by atoms with van der Waals surface area (Å²) in [6.07, 6.45) is 2.89. The van der Waals surface area contributed by atoms with Gasteiger partial charge in [0.2, 0.25) is 0 Å². The Hall–Kier alpha value is -1.30. The van der Waals surface area contributed by atoms with Gasteiger partial charge in [-0.2, -0.15) is 0 Å². The Morgan fingerprint density at radius 1 is 1.17 bits per heavy atom. The molecule has 1 heterocycles. The first-order valence-corrected chi connectivity index (χ1v) is 6.38. The first-order valence-electron chi connectivity index (χ1n) is 6.38. The van der Waals surface area contributed by atoms with Crippen molar-refractivity contribution in [3.8, 4) is 0 Å². The molecule has 2 amide bonds. The van der Waals surface area contributed by atoms with Crippen molar-refractivity contribution in [2.45, 2.75) is 50.2 Å². The molecule has 0 bridgehead atoms. The van der Waals surface area contributed by atoms with Gasteiger partial charge in [-0.05, 0) is 39.0 Å². The van der Waals surface area contributed by atoms with Gasteiger partial charge in [0.1, 0.15) is 5.54 Å². The number of likely N-dealkylation sites (tertiary alicyclic amines) is 1. The lowest BCUT2D eigenvalue weighted by molar-refractivity contribution is -0.148. The maximum Gasteiger partial charge on any atom is 0.329 e. The van der Waals surface area contributed by atoms with Crippen molar-refractivity contribution in [3.05, 3.63) is 0 Å². The Balaban J connectivity index is 1.91. The van der Waals surface area contributed by atoms with E-state index in [-0.39, 0.29) is 6.03 Å². The fourth-order valence-electron chi connectivity index (χ4n) is 2.40. The molecule has 0 spiro atoms. The summed E-state index contributed by atoms with van der Waals surface area (Å²) >= 11 is 0. The van der Waals surface area contributed by atoms with Crippen LogP contribution in [-0.2, 0) is 4.79 Å². The van der Waals surface area contributed by atoms with Crippen LogP contribution in [0.2, 0.25) is 0 Å². The van der Waals surface area contributed by atoms with Crippen molar-refractivity contribution in [3.63, 3.8) is 0 Å². The van der Waals surface area contributed by atoms with E-state index in [4.69, 9.17) is 5.11 Å². The zero-order valence-corrected chi connectivity index (χ0v) is 10.6. The summed E-state index contributed by atoms with van der Waals surface area (Å²) in [7, 11) is 0. The van der Waals surface area contributed by atoms with Gasteiger partial charge >= 0.3 is 12.0 Å². The maximum atomic E-state index is 12.0. The molecule has 1 aliphatic heterocycles. The third-order valence-electron chi connectivity index (χ3n) is 4.09. The Kier molecular flexibility index (Phi) is 3.23. The average molecular weight is 256 g/mol. The number of carbonyl (C=O) groups is 2. The highest BCUT2D eigenvalue weighted by atomic mass is 16.4. The van der Waals surface area contributed by atoms with E-state index in [9.17, 15) is 14.7 Å². The predicted molar refractivity (Wildman–Crippen MR) is 64.2 cm³/mol. The largest absolute Gasteiger partial charge is 0.480 e. The minimum atomic E-state index is -1.06. The number of carboxylic acids is 1. The second-order valence-corrected chi connectivity index (χ2v) is 5.65. The van der Waals surface area contributed by atoms with Crippen LogP contribution in [0.4, 0.5) is 4.79 Å². The van der Waals surface area contributed by atoms with Crippen LogP contribution < -0.4 is 5.32 Å². The van der Waals surface area contributed by atoms with Gasteiger partial charge in [-0.25, -0.2) is 9.59 Å². The summed E-state index contributed by atoms with van der Waals surface area (Å²) in [5.74, 6) is -0.953. The highest BCUT2D eigenvalue weighted by Crippen LogP contribution is 2.32. The quantitative estimate of drug-likeness (QED) is 0.673. The van der Waals surface area contributed by atoms with Crippen molar-refractivity contribution in [1.82, 2.24) is 10.2 Å². The van der Waals surface area contributed by atoms with Gasteiger partial charge in [-0.15, -0.1) is 0 Å². The molecule has 6 nitrogen and oxygen atoms in total. The van der Waals surface area contributed by atoms with Crippen molar-refractivity contribution in [2.75, 3.05) is 13.1 Å². The molecular weight excluding hydrogens is 236 g/mol. The molecule has 0 aromatic heterocycles. The molecule has 1 aliphatic carbocycles. The lowest BCUT2D eigenvalue weighted by Crippen LogP contribution is -2.62. The van der Waals surface area contributed by atoms with Crippen LogP contribution in [0.15, 0.2) is 0 Å². The van der Waals surface area contributed by atoms with Gasteiger partial charge in [-0.3, -0.25) is 0 Å². The van der Waals surface area contributed by atoms with E-state index in [2.05, 4.69) is 5.32 Å². The van der Waals surface area contributed by atoms with E-state index < -0.39 is 17.1 Å². The molecule has 1 saturated carbocycles. The number of hydrogen-bond donors (Lipinski definition) is 3. The molecule has 1 saturated heterocycles. The smallest absolute Gasteiger partial charge is 0.329 e. The minimum Gasteiger partial charge on any atom is -0.480 e. The van der Waals surface area contributed by atoms with Crippen molar-refractivity contribution in [1.29, 1.82) is 0 Å². The van der Waals surface area contributed by atoms with Crippen LogP contribution in [-0.4, -0.2) is 51.3 Å². The highest BCUT2D eigenvalue weighted by Gasteiger charge is 2.46. The topological polar surface area (TPSA) is 89.9 Å². The van der Waals surface area contributed by atoms with Crippen molar-refractivity contribution >= 4 is 12.0 Å². The van der Waals surface area contributed by atoms with Gasteiger partial charge in [0.05, 0.1) is 5.60 Å². The lowest BCUT2D eigenvalue weighted by Gasteiger charge is -2.41. The molecule has 6 heteroatoms. The fraction of sp³-hybridized carbons (Fsp3) is 0.833. The number of aliphatic hydroxyl groups is 1. The van der Waals surface area contributed by atoms with Crippen LogP contribution in [0.3, 0.4) is 0 Å². The van der Waals surface area contributed by atoms with Crippen LogP contribution in [0, 0.1) is 0 Å². The maximum absolute atomic E-state index is 12.0. The molecule has 3 N–H and O–H groups in total. The second kappa shape index (κ2) is 4.42. The lowest BCUT2D eigenvalue weighted by atomic mass is 9.77. The number of carbonyl (C=O) groups excluding carboxylic acids is 1. The third-order valence-corrected chi connectivity index (χ3v) is 4.09. The number of piperidine rings is 1. The predicted octanol–water partition coefficient (Wildman–Crippen LogP) is 0.550. The van der Waals surface area contributed by atoms with E-state index in [1.165, 1.54) is 0 Å². The number of amides is 2. The van der Waals surface area contributed by atoms with Gasteiger partial charge in [0.15, 0.2) is 0 Å². The van der Waals surface area contributed by atoms with E-state index in [1.54, 1.807) is 11.8 Å². The molecule has 0 radical (unpaired) electrons. The number of rotatable bonds is 2. The second-order valence-electron chi connectivity index (χ2n) is 5.65. The number of carboxylic acid groups (broad SMARTS) is 1. The Bertz CT molecular complexity index is 353. The SMILES string of the molecule is CC1(O)CCN(C(=O)NC2(C(=O)O)CCC2)CC1. The number of urea groups is 1. The van der Waals surface area contributed by atoms with E-state index in [0.29, 0.717) is 38.8 Å². The van der Waals surface area contributed by atoms with E-state index in [1.807, 2.05) is 0 Å². The average Bonchev–Trinajstić information content (AvgIpc) is 2.22. The summed E-state index contributed by atoms with van der Waals surface area (Å²) in [6.45, 7) is 2.69. The number of hydrogen-bond acceptors (Lipinski definition) is 3. The monoisotopic (exact) mass is 256 g/mol. The van der Waals surface area contributed by atoms with Gasteiger partial charge in [-0.1, -0.05) is 0 Å². The van der Waals surface area contributed by atoms with Gasteiger partial charge in [0.25, 0.3) is 0 Å². The Morgan fingerprint density at radius 3 is 2.11 bits per heavy atom. The summed E-state index contributed by atoms with van der Waals surface area (Å²) in [5.41, 5.74) is -1.77. The molecule has 2 aliphatic rings.